The molecule has 5 nitrogen and oxygen atoms in total. The fourth-order valence-corrected chi connectivity index (χ4v) is 5.40. The number of ketones is 1. The molecule has 0 saturated carbocycles. The molecule has 1 saturated heterocycles. The lowest BCUT2D eigenvalue weighted by Crippen LogP contribution is -2.32. The number of fused-ring (bicyclic) bond motifs is 1. The van der Waals surface area contributed by atoms with Crippen LogP contribution < -0.4 is 0 Å². The van der Waals surface area contributed by atoms with Gasteiger partial charge in [0.25, 0.3) is 5.69 Å². The van der Waals surface area contributed by atoms with Crippen molar-refractivity contribution in [2.24, 2.45) is 4.99 Å². The Morgan fingerprint density at radius 2 is 2.12 bits per heavy atom. The van der Waals surface area contributed by atoms with Crippen LogP contribution in [0.4, 0.5) is 5.69 Å². The number of hydrogen-bond donors (Lipinski definition) is 0. The summed E-state index contributed by atoms with van der Waals surface area (Å²) in [7, 11) is 0. The molecule has 1 fully saturated rings. The molecule has 124 valence electrons. The first-order valence-electron chi connectivity index (χ1n) is 7.95. The number of halogens is 1. The van der Waals surface area contributed by atoms with Crippen molar-refractivity contribution in [1.82, 2.24) is 0 Å². The molecule has 1 aromatic carbocycles. The van der Waals surface area contributed by atoms with Crippen LogP contribution in [-0.2, 0) is 4.79 Å². The second kappa shape index (κ2) is 6.01. The van der Waals surface area contributed by atoms with Gasteiger partial charge >= 0.3 is 0 Å². The summed E-state index contributed by atoms with van der Waals surface area (Å²) in [6.45, 7) is 0. The van der Waals surface area contributed by atoms with Gasteiger partial charge in [-0.15, -0.1) is 0 Å². The van der Waals surface area contributed by atoms with E-state index in [2.05, 4.69) is 0 Å². The summed E-state index contributed by atoms with van der Waals surface area (Å²) < 4.78 is 0. The number of rotatable bonds is 2. The minimum atomic E-state index is -0.469. The molecule has 2 aliphatic heterocycles. The normalized spacial score (nSPS) is 26.0. The first-order chi connectivity index (χ1) is 11.6. The third-order valence-electron chi connectivity index (χ3n) is 4.83. The van der Waals surface area contributed by atoms with Crippen LogP contribution >= 0.6 is 23.4 Å². The molecule has 0 radical (unpaired) electrons. The van der Waals surface area contributed by atoms with Crippen LogP contribution in [0.1, 0.15) is 37.2 Å². The molecule has 0 bridgehead atoms. The molecule has 0 amide bonds. The van der Waals surface area contributed by atoms with Crippen LogP contribution in [0.2, 0.25) is 5.02 Å². The monoisotopic (exact) mass is 362 g/mol. The van der Waals surface area contributed by atoms with Crippen molar-refractivity contribution in [2.45, 2.75) is 36.9 Å². The molecule has 1 aliphatic carbocycles. The van der Waals surface area contributed by atoms with Gasteiger partial charge < -0.3 is 0 Å². The predicted molar refractivity (Wildman–Crippen MR) is 95.0 cm³/mol. The first-order valence-corrected chi connectivity index (χ1v) is 9.38. The molecular weight excluding hydrogens is 348 g/mol. The largest absolute Gasteiger partial charge is 0.294 e. The summed E-state index contributed by atoms with van der Waals surface area (Å²) in [4.78, 5) is 28.1. The lowest BCUT2D eigenvalue weighted by molar-refractivity contribution is -0.384. The topological polar surface area (TPSA) is 72.6 Å². The van der Waals surface area contributed by atoms with Gasteiger partial charge in [0.15, 0.2) is 5.78 Å². The van der Waals surface area contributed by atoms with Gasteiger partial charge in [0.2, 0.25) is 0 Å². The van der Waals surface area contributed by atoms with Gasteiger partial charge in [0.1, 0.15) is 5.02 Å². The molecular formula is C17H15ClN2O3S. The van der Waals surface area contributed by atoms with Crippen LogP contribution in [-0.4, -0.2) is 27.4 Å². The molecule has 0 spiro atoms. The average molecular weight is 363 g/mol. The zero-order valence-corrected chi connectivity index (χ0v) is 14.4. The Morgan fingerprint density at radius 1 is 1.29 bits per heavy atom. The zero-order valence-electron chi connectivity index (χ0n) is 12.8. The van der Waals surface area contributed by atoms with E-state index in [-0.39, 0.29) is 27.7 Å². The number of allylic oxidation sites excluding steroid dienone is 2. The van der Waals surface area contributed by atoms with Crippen LogP contribution in [0.3, 0.4) is 0 Å². The fourth-order valence-electron chi connectivity index (χ4n) is 3.78. The van der Waals surface area contributed by atoms with Gasteiger partial charge in [-0.05, 0) is 36.6 Å². The third kappa shape index (κ3) is 2.48. The number of hydrogen-bond acceptors (Lipinski definition) is 5. The quantitative estimate of drug-likeness (QED) is 0.580. The lowest BCUT2D eigenvalue weighted by Gasteiger charge is -2.33. The van der Waals surface area contributed by atoms with Gasteiger partial charge in [-0.1, -0.05) is 17.7 Å². The van der Waals surface area contributed by atoms with Crippen LogP contribution in [0.5, 0.6) is 0 Å². The van der Waals surface area contributed by atoms with Crippen LogP contribution in [0, 0.1) is 10.1 Å². The van der Waals surface area contributed by atoms with Crippen molar-refractivity contribution in [2.75, 3.05) is 5.75 Å². The van der Waals surface area contributed by atoms with E-state index in [0.29, 0.717) is 6.42 Å². The molecule has 0 aromatic heterocycles. The maximum absolute atomic E-state index is 12.6. The standard InChI is InChI=1S/C17H15ClN2O3S/c18-10-5-4-9(8-13(10)20(22)23)15-16-11(2-1-3-14(16)21)19-12-6-7-24-17(12)15/h4-5,8,15,17H,1-3,6-7H2. The Kier molecular flexibility index (Phi) is 3.96. The lowest BCUT2D eigenvalue weighted by atomic mass is 9.77. The summed E-state index contributed by atoms with van der Waals surface area (Å²) >= 11 is 7.74. The van der Waals surface area contributed by atoms with E-state index in [0.717, 1.165) is 47.6 Å². The highest BCUT2D eigenvalue weighted by molar-refractivity contribution is 8.01. The Bertz CT molecular complexity index is 818. The number of benzene rings is 1. The van der Waals surface area contributed by atoms with Crippen molar-refractivity contribution in [3.8, 4) is 0 Å². The van der Waals surface area contributed by atoms with Crippen molar-refractivity contribution >= 4 is 40.5 Å². The van der Waals surface area contributed by atoms with E-state index in [9.17, 15) is 14.9 Å². The predicted octanol–water partition coefficient (Wildman–Crippen LogP) is 4.30. The highest BCUT2D eigenvalue weighted by Gasteiger charge is 2.42. The first kappa shape index (κ1) is 15.8. The molecule has 24 heavy (non-hydrogen) atoms. The van der Waals surface area contributed by atoms with Gasteiger partial charge in [0.05, 0.1) is 10.2 Å². The Balaban J connectivity index is 1.87. The number of nitrogens with zero attached hydrogens (tertiary/aromatic N) is 2. The maximum Gasteiger partial charge on any atom is 0.288 e. The van der Waals surface area contributed by atoms with Crippen molar-refractivity contribution in [1.29, 1.82) is 0 Å². The molecule has 2 heterocycles. The number of carbonyl (C=O) groups is 1. The summed E-state index contributed by atoms with van der Waals surface area (Å²) in [5.41, 5.74) is 3.46. The molecule has 4 rings (SSSR count). The SMILES string of the molecule is O=C1CCCC2=C1C(c1ccc(Cl)c([N+](=O)[O-])c1)C1SCCC1=N2. The van der Waals surface area contributed by atoms with Crippen molar-refractivity contribution < 1.29 is 9.72 Å². The molecule has 0 N–H and O–H groups in total. The number of thioether (sulfide) groups is 1. The molecule has 3 aliphatic rings. The van der Waals surface area contributed by atoms with Gasteiger partial charge in [0, 0.05) is 35.4 Å². The summed E-state index contributed by atoms with van der Waals surface area (Å²) in [6, 6.07) is 4.91. The van der Waals surface area contributed by atoms with Crippen molar-refractivity contribution in [3.05, 3.63) is 50.2 Å². The Morgan fingerprint density at radius 3 is 2.92 bits per heavy atom. The van der Waals surface area contributed by atoms with E-state index in [1.54, 1.807) is 17.8 Å². The van der Waals surface area contributed by atoms with E-state index < -0.39 is 4.92 Å². The van der Waals surface area contributed by atoms with Crippen LogP contribution in [0.25, 0.3) is 0 Å². The van der Waals surface area contributed by atoms with Gasteiger partial charge in [-0.2, -0.15) is 11.8 Å². The Labute approximate surface area is 148 Å². The van der Waals surface area contributed by atoms with Gasteiger partial charge in [-0.3, -0.25) is 19.9 Å². The summed E-state index contributed by atoms with van der Waals surface area (Å²) in [5.74, 6) is 0.961. The second-order valence-corrected chi connectivity index (χ2v) is 7.88. The molecule has 1 aromatic rings. The van der Waals surface area contributed by atoms with Gasteiger partial charge in [-0.25, -0.2) is 0 Å². The number of Topliss-reactive ketones (excluding diaryl/α,β-unsaturated/α-hetero) is 1. The summed E-state index contributed by atoms with van der Waals surface area (Å²) in [6.07, 6.45) is 3.10. The van der Waals surface area contributed by atoms with E-state index in [1.807, 2.05) is 6.07 Å². The van der Waals surface area contributed by atoms with E-state index >= 15 is 0 Å². The van der Waals surface area contributed by atoms with Crippen LogP contribution in [0.15, 0.2) is 34.5 Å². The number of aliphatic imine (C=N–C) groups is 1. The Hall–Kier alpha value is -1.66. The minimum absolute atomic E-state index is 0.103. The second-order valence-electron chi connectivity index (χ2n) is 6.23. The maximum atomic E-state index is 12.6. The third-order valence-corrected chi connectivity index (χ3v) is 6.49. The van der Waals surface area contributed by atoms with E-state index in [4.69, 9.17) is 16.6 Å². The average Bonchev–Trinajstić information content (AvgIpc) is 3.01. The summed E-state index contributed by atoms with van der Waals surface area (Å²) in [5, 5.41) is 11.5. The number of carbonyl (C=O) groups excluding carboxylic acids is 1. The molecule has 2 unspecified atom stereocenters. The highest BCUT2D eigenvalue weighted by atomic mass is 35.5. The van der Waals surface area contributed by atoms with Crippen molar-refractivity contribution in [3.63, 3.8) is 0 Å². The zero-order chi connectivity index (χ0) is 16.8. The highest BCUT2D eigenvalue weighted by Crippen LogP contribution is 2.48. The van der Waals surface area contributed by atoms with E-state index in [1.165, 1.54) is 6.07 Å². The molecule has 7 heteroatoms. The smallest absolute Gasteiger partial charge is 0.288 e. The number of nitro groups is 1. The fraction of sp³-hybridized carbons (Fsp3) is 0.412. The number of nitro benzene ring substituents is 1. The minimum Gasteiger partial charge on any atom is -0.294 e. The molecule has 2 atom stereocenters.